The maximum absolute atomic E-state index is 9.94. The predicted octanol–water partition coefficient (Wildman–Crippen LogP) is 4.77. The molecule has 0 radical (unpaired) electrons. The van der Waals surface area contributed by atoms with E-state index in [1.54, 1.807) is 17.8 Å². The molecule has 0 aromatic heterocycles. The molecular weight excluding hydrogens is 278 g/mol. The third-order valence-corrected chi connectivity index (χ3v) is 4.89. The number of hydrogen-bond donors (Lipinski definition) is 2. The molecule has 3 rings (SSSR count). The zero-order valence-corrected chi connectivity index (χ0v) is 12.7. The van der Waals surface area contributed by atoms with Gasteiger partial charge < -0.3 is 10.4 Å². The van der Waals surface area contributed by atoms with Crippen LogP contribution in [0.3, 0.4) is 0 Å². The van der Waals surface area contributed by atoms with Gasteiger partial charge in [-0.3, -0.25) is 0 Å². The van der Waals surface area contributed by atoms with Gasteiger partial charge in [-0.05, 0) is 42.2 Å². The Morgan fingerprint density at radius 3 is 2.95 bits per heavy atom. The van der Waals surface area contributed by atoms with E-state index in [1.807, 2.05) is 12.1 Å². The molecule has 2 nitrogen and oxygen atoms in total. The molecule has 1 unspecified atom stereocenters. The third-order valence-electron chi connectivity index (χ3n) is 3.82. The first-order chi connectivity index (χ1) is 10.3. The highest BCUT2D eigenvalue weighted by atomic mass is 32.2. The van der Waals surface area contributed by atoms with E-state index in [2.05, 4.69) is 42.2 Å². The number of benzene rings is 2. The molecule has 0 bridgehead atoms. The molecule has 0 heterocycles. The predicted molar refractivity (Wildman–Crippen MR) is 90.2 cm³/mol. The number of phenols is 1. The first-order valence-electron chi connectivity index (χ1n) is 7.19. The van der Waals surface area contributed by atoms with Crippen molar-refractivity contribution >= 4 is 17.4 Å². The van der Waals surface area contributed by atoms with E-state index in [0.29, 0.717) is 5.75 Å². The van der Waals surface area contributed by atoms with Gasteiger partial charge in [-0.1, -0.05) is 30.3 Å². The van der Waals surface area contributed by atoms with Gasteiger partial charge in [-0.15, -0.1) is 18.3 Å². The second kappa shape index (κ2) is 6.27. The summed E-state index contributed by atoms with van der Waals surface area (Å²) in [5, 5.41) is 13.6. The zero-order valence-electron chi connectivity index (χ0n) is 11.9. The Hall–Kier alpha value is -1.87. The minimum Gasteiger partial charge on any atom is -0.508 e. The van der Waals surface area contributed by atoms with Crippen LogP contribution in [-0.2, 0) is 6.42 Å². The molecule has 0 saturated heterocycles. The van der Waals surface area contributed by atoms with Gasteiger partial charge >= 0.3 is 0 Å². The molecule has 3 heteroatoms. The Labute approximate surface area is 129 Å². The van der Waals surface area contributed by atoms with Crippen molar-refractivity contribution in [2.24, 2.45) is 0 Å². The summed E-state index contributed by atoms with van der Waals surface area (Å²) in [5.41, 5.74) is 3.47. The fraction of sp³-hybridized carbons (Fsp3) is 0.222. The van der Waals surface area contributed by atoms with Gasteiger partial charge in [0.2, 0.25) is 0 Å². The number of rotatable bonds is 5. The number of hydrogen-bond acceptors (Lipinski definition) is 3. The molecule has 0 saturated carbocycles. The molecule has 1 aliphatic carbocycles. The van der Waals surface area contributed by atoms with Crippen molar-refractivity contribution in [2.45, 2.75) is 23.8 Å². The minimum atomic E-state index is 0.276. The van der Waals surface area contributed by atoms with Crippen LogP contribution in [0.25, 0.3) is 0 Å². The number of thioether (sulfide) groups is 1. The standard InChI is InChI=1S/C18H19NOS/c1-2-12-21-18-9-4-3-7-16(18)19-15-11-10-14-13(15)6-5-8-17(14)20/h2-9,15,19-20H,1,10-12H2. The van der Waals surface area contributed by atoms with Gasteiger partial charge in [-0.2, -0.15) is 0 Å². The van der Waals surface area contributed by atoms with Gasteiger partial charge in [-0.25, -0.2) is 0 Å². The summed E-state index contributed by atoms with van der Waals surface area (Å²) in [6.45, 7) is 3.78. The number of fused-ring (bicyclic) bond motifs is 1. The highest BCUT2D eigenvalue weighted by Gasteiger charge is 2.24. The van der Waals surface area contributed by atoms with Crippen molar-refractivity contribution in [2.75, 3.05) is 11.1 Å². The molecule has 0 amide bonds. The monoisotopic (exact) mass is 297 g/mol. The Bertz CT molecular complexity index is 653. The van der Waals surface area contributed by atoms with Crippen LogP contribution in [0.4, 0.5) is 5.69 Å². The van der Waals surface area contributed by atoms with E-state index in [4.69, 9.17) is 0 Å². The summed E-state index contributed by atoms with van der Waals surface area (Å²) >= 11 is 1.78. The highest BCUT2D eigenvalue weighted by molar-refractivity contribution is 7.99. The molecule has 0 aliphatic heterocycles. The maximum Gasteiger partial charge on any atom is 0.119 e. The summed E-state index contributed by atoms with van der Waals surface area (Å²) in [6.07, 6.45) is 3.87. The molecule has 0 fully saturated rings. The summed E-state index contributed by atoms with van der Waals surface area (Å²) in [5.74, 6) is 1.33. The molecule has 1 aliphatic rings. The largest absolute Gasteiger partial charge is 0.508 e. The molecular formula is C18H19NOS. The molecule has 2 N–H and O–H groups in total. The van der Waals surface area contributed by atoms with Crippen LogP contribution in [0, 0.1) is 0 Å². The molecule has 108 valence electrons. The van der Waals surface area contributed by atoms with Crippen LogP contribution in [-0.4, -0.2) is 10.9 Å². The second-order valence-electron chi connectivity index (χ2n) is 5.18. The number of nitrogens with one attached hydrogen (secondary N) is 1. The van der Waals surface area contributed by atoms with Crippen molar-refractivity contribution in [3.8, 4) is 5.75 Å². The summed E-state index contributed by atoms with van der Waals surface area (Å²) in [6, 6.07) is 14.4. The van der Waals surface area contributed by atoms with E-state index in [1.165, 1.54) is 10.5 Å². The van der Waals surface area contributed by atoms with Crippen LogP contribution in [0.15, 0.2) is 60.0 Å². The summed E-state index contributed by atoms with van der Waals surface area (Å²) in [7, 11) is 0. The average molecular weight is 297 g/mol. The molecule has 2 aromatic rings. The number of para-hydroxylation sites is 1. The van der Waals surface area contributed by atoms with E-state index < -0.39 is 0 Å². The molecule has 1 atom stereocenters. The van der Waals surface area contributed by atoms with Crippen LogP contribution in [0.2, 0.25) is 0 Å². The Kier molecular flexibility index (Phi) is 4.20. The van der Waals surface area contributed by atoms with Crippen LogP contribution in [0.5, 0.6) is 5.75 Å². The molecule has 2 aromatic carbocycles. The second-order valence-corrected chi connectivity index (χ2v) is 6.24. The fourth-order valence-electron chi connectivity index (χ4n) is 2.83. The van der Waals surface area contributed by atoms with E-state index in [-0.39, 0.29) is 6.04 Å². The van der Waals surface area contributed by atoms with Gasteiger partial charge in [0.05, 0.1) is 6.04 Å². The number of phenolic OH excluding ortho intramolecular Hbond substituents is 1. The van der Waals surface area contributed by atoms with Crippen molar-refractivity contribution < 1.29 is 5.11 Å². The van der Waals surface area contributed by atoms with Gasteiger partial charge in [0.1, 0.15) is 5.75 Å². The summed E-state index contributed by atoms with van der Waals surface area (Å²) < 4.78 is 0. The lowest BCUT2D eigenvalue weighted by Gasteiger charge is -2.18. The van der Waals surface area contributed by atoms with E-state index in [0.717, 1.165) is 29.8 Å². The first kappa shape index (κ1) is 14.1. The zero-order chi connectivity index (χ0) is 14.7. The smallest absolute Gasteiger partial charge is 0.119 e. The van der Waals surface area contributed by atoms with Gasteiger partial charge in [0, 0.05) is 16.3 Å². The summed E-state index contributed by atoms with van der Waals surface area (Å²) in [4.78, 5) is 1.24. The lowest BCUT2D eigenvalue weighted by atomic mass is 10.1. The van der Waals surface area contributed by atoms with Crippen LogP contribution >= 0.6 is 11.8 Å². The lowest BCUT2D eigenvalue weighted by Crippen LogP contribution is -2.07. The maximum atomic E-state index is 9.94. The highest BCUT2D eigenvalue weighted by Crippen LogP contribution is 2.39. The quantitative estimate of drug-likeness (QED) is 0.616. The van der Waals surface area contributed by atoms with Gasteiger partial charge in [0.25, 0.3) is 0 Å². The van der Waals surface area contributed by atoms with Crippen molar-refractivity contribution in [1.82, 2.24) is 0 Å². The van der Waals surface area contributed by atoms with Crippen LogP contribution < -0.4 is 5.32 Å². The molecule has 21 heavy (non-hydrogen) atoms. The molecule has 0 spiro atoms. The fourth-order valence-corrected chi connectivity index (χ4v) is 3.59. The van der Waals surface area contributed by atoms with Crippen molar-refractivity contribution in [3.63, 3.8) is 0 Å². The van der Waals surface area contributed by atoms with Crippen LogP contribution in [0.1, 0.15) is 23.6 Å². The number of anilines is 1. The Morgan fingerprint density at radius 2 is 2.10 bits per heavy atom. The van der Waals surface area contributed by atoms with Crippen molar-refractivity contribution in [3.05, 3.63) is 66.2 Å². The SMILES string of the molecule is C=CCSc1ccccc1NC1CCc2c(O)cccc21. The average Bonchev–Trinajstić information content (AvgIpc) is 2.91. The van der Waals surface area contributed by atoms with E-state index in [9.17, 15) is 5.11 Å². The normalized spacial score (nSPS) is 16.5. The van der Waals surface area contributed by atoms with Gasteiger partial charge in [0.15, 0.2) is 0 Å². The number of aromatic hydroxyl groups is 1. The first-order valence-corrected chi connectivity index (χ1v) is 8.18. The van der Waals surface area contributed by atoms with E-state index >= 15 is 0 Å². The third kappa shape index (κ3) is 2.93. The van der Waals surface area contributed by atoms with Crippen molar-refractivity contribution in [1.29, 1.82) is 0 Å². The lowest BCUT2D eigenvalue weighted by molar-refractivity contribution is 0.469. The topological polar surface area (TPSA) is 32.3 Å². The Morgan fingerprint density at radius 1 is 1.24 bits per heavy atom. The Balaban J connectivity index is 1.83. The minimum absolute atomic E-state index is 0.276.